The standard InChI is InChI=1S/C12H7BrN2OS2/c13-8-1-2-11-10(4-8)12(16)7(5-17-11)3-9-6-18-15-14-9/h1-4,6H,5H2. The van der Waals surface area contributed by atoms with Crippen molar-refractivity contribution < 1.29 is 4.79 Å². The van der Waals surface area contributed by atoms with Crippen LogP contribution in [-0.4, -0.2) is 21.1 Å². The third-order valence-electron chi connectivity index (χ3n) is 2.56. The summed E-state index contributed by atoms with van der Waals surface area (Å²) in [4.78, 5) is 13.4. The van der Waals surface area contributed by atoms with E-state index in [9.17, 15) is 4.79 Å². The number of Topliss-reactive ketones (excluding diaryl/α,β-unsaturated/α-hetero) is 1. The van der Waals surface area contributed by atoms with E-state index >= 15 is 0 Å². The number of halogens is 1. The molecule has 18 heavy (non-hydrogen) atoms. The Hall–Kier alpha value is -0.980. The molecule has 90 valence electrons. The van der Waals surface area contributed by atoms with E-state index in [-0.39, 0.29) is 5.78 Å². The molecule has 0 fully saturated rings. The lowest BCUT2D eigenvalue weighted by atomic mass is 10.0. The second-order valence-electron chi connectivity index (χ2n) is 3.76. The van der Waals surface area contributed by atoms with Crippen molar-refractivity contribution >= 4 is 51.1 Å². The highest BCUT2D eigenvalue weighted by atomic mass is 79.9. The lowest BCUT2D eigenvalue weighted by molar-refractivity contribution is 0.103. The molecule has 1 aromatic heterocycles. The highest BCUT2D eigenvalue weighted by Crippen LogP contribution is 2.34. The molecule has 0 N–H and O–H groups in total. The van der Waals surface area contributed by atoms with Gasteiger partial charge in [-0.05, 0) is 35.8 Å². The molecule has 0 radical (unpaired) electrons. The Kier molecular flexibility index (Phi) is 3.32. The highest BCUT2D eigenvalue weighted by molar-refractivity contribution is 9.10. The molecular weight excluding hydrogens is 332 g/mol. The van der Waals surface area contributed by atoms with Crippen molar-refractivity contribution in [3.63, 3.8) is 0 Å². The molecule has 1 aliphatic heterocycles. The number of ketones is 1. The van der Waals surface area contributed by atoms with Gasteiger partial charge in [-0.15, -0.1) is 16.9 Å². The predicted molar refractivity (Wildman–Crippen MR) is 77.1 cm³/mol. The van der Waals surface area contributed by atoms with Crippen LogP contribution >= 0.6 is 39.2 Å². The Morgan fingerprint density at radius 1 is 1.39 bits per heavy atom. The SMILES string of the molecule is O=C1C(=Cc2csnn2)CSc2ccc(Br)cc21. The largest absolute Gasteiger partial charge is 0.289 e. The minimum atomic E-state index is 0.0815. The van der Waals surface area contributed by atoms with Gasteiger partial charge >= 0.3 is 0 Å². The van der Waals surface area contributed by atoms with Crippen molar-refractivity contribution in [1.29, 1.82) is 0 Å². The van der Waals surface area contributed by atoms with E-state index in [1.807, 2.05) is 29.7 Å². The van der Waals surface area contributed by atoms with Crippen LogP contribution in [0.15, 0.2) is 38.5 Å². The zero-order valence-electron chi connectivity index (χ0n) is 9.09. The normalized spacial score (nSPS) is 16.9. The minimum Gasteiger partial charge on any atom is -0.289 e. The summed E-state index contributed by atoms with van der Waals surface area (Å²) in [6.07, 6.45) is 1.82. The summed E-state index contributed by atoms with van der Waals surface area (Å²) >= 11 is 6.36. The Bertz CT molecular complexity index is 638. The zero-order chi connectivity index (χ0) is 12.5. The molecule has 0 amide bonds. The molecule has 0 atom stereocenters. The first-order valence-electron chi connectivity index (χ1n) is 5.19. The first-order valence-corrected chi connectivity index (χ1v) is 7.80. The molecule has 1 aliphatic rings. The lowest BCUT2D eigenvalue weighted by Crippen LogP contribution is -2.12. The van der Waals surface area contributed by atoms with Gasteiger partial charge in [0.2, 0.25) is 0 Å². The molecule has 0 unspecified atom stereocenters. The monoisotopic (exact) mass is 338 g/mol. The fraction of sp³-hybridized carbons (Fsp3) is 0.0833. The number of carbonyl (C=O) groups excluding carboxylic acids is 1. The highest BCUT2D eigenvalue weighted by Gasteiger charge is 2.22. The number of thioether (sulfide) groups is 1. The molecule has 3 nitrogen and oxygen atoms in total. The molecule has 6 heteroatoms. The molecule has 0 spiro atoms. The van der Waals surface area contributed by atoms with Crippen molar-refractivity contribution in [3.8, 4) is 0 Å². The Balaban J connectivity index is 2.01. The number of carbonyl (C=O) groups is 1. The molecular formula is C12H7BrN2OS2. The van der Waals surface area contributed by atoms with Crippen LogP contribution in [0.25, 0.3) is 6.08 Å². The minimum absolute atomic E-state index is 0.0815. The smallest absolute Gasteiger partial charge is 0.191 e. The van der Waals surface area contributed by atoms with E-state index in [0.717, 1.165) is 26.2 Å². The van der Waals surface area contributed by atoms with Gasteiger partial charge in [-0.25, -0.2) is 0 Å². The van der Waals surface area contributed by atoms with Gasteiger partial charge in [0.05, 0.1) is 5.69 Å². The number of aromatic nitrogens is 2. The number of nitrogens with zero attached hydrogens (tertiary/aromatic N) is 2. The number of fused-ring (bicyclic) bond motifs is 1. The van der Waals surface area contributed by atoms with E-state index < -0.39 is 0 Å². The second-order valence-corrected chi connectivity index (χ2v) is 6.30. The zero-order valence-corrected chi connectivity index (χ0v) is 12.3. The molecule has 0 bridgehead atoms. The first-order chi connectivity index (χ1) is 8.74. The molecule has 0 aliphatic carbocycles. The van der Waals surface area contributed by atoms with E-state index in [4.69, 9.17) is 0 Å². The van der Waals surface area contributed by atoms with Crippen LogP contribution in [0.4, 0.5) is 0 Å². The van der Waals surface area contributed by atoms with Crippen LogP contribution in [0.3, 0.4) is 0 Å². The molecule has 2 heterocycles. The van der Waals surface area contributed by atoms with Crippen LogP contribution in [-0.2, 0) is 0 Å². The van der Waals surface area contributed by atoms with Crippen LogP contribution in [0.2, 0.25) is 0 Å². The van der Waals surface area contributed by atoms with Crippen LogP contribution in [0.5, 0.6) is 0 Å². The van der Waals surface area contributed by atoms with Crippen LogP contribution in [0.1, 0.15) is 16.1 Å². The Labute approximate surface area is 121 Å². The van der Waals surface area contributed by atoms with Gasteiger partial charge in [0, 0.05) is 31.6 Å². The van der Waals surface area contributed by atoms with Crippen molar-refractivity contribution in [3.05, 3.63) is 44.9 Å². The summed E-state index contributed by atoms with van der Waals surface area (Å²) in [5, 5.41) is 5.77. The summed E-state index contributed by atoms with van der Waals surface area (Å²) in [6, 6.07) is 5.80. The maximum Gasteiger partial charge on any atom is 0.191 e. The van der Waals surface area contributed by atoms with Crippen LogP contribution < -0.4 is 0 Å². The summed E-state index contributed by atoms with van der Waals surface area (Å²) in [7, 11) is 0. The third-order valence-corrected chi connectivity index (χ3v) is 4.70. The first kappa shape index (κ1) is 12.1. The molecule has 0 saturated carbocycles. The average molecular weight is 339 g/mol. The number of hydrogen-bond donors (Lipinski definition) is 0. The fourth-order valence-corrected chi connectivity index (χ4v) is 3.49. The Morgan fingerprint density at radius 2 is 2.28 bits per heavy atom. The topological polar surface area (TPSA) is 42.9 Å². The molecule has 2 aromatic rings. The van der Waals surface area contributed by atoms with Crippen molar-refractivity contribution in [2.24, 2.45) is 0 Å². The maximum absolute atomic E-state index is 12.3. The van der Waals surface area contributed by atoms with E-state index in [1.165, 1.54) is 11.5 Å². The fourth-order valence-electron chi connectivity index (χ4n) is 1.72. The molecule has 3 rings (SSSR count). The van der Waals surface area contributed by atoms with Gasteiger partial charge in [-0.3, -0.25) is 4.79 Å². The number of rotatable bonds is 1. The van der Waals surface area contributed by atoms with Gasteiger partial charge in [-0.2, -0.15) is 0 Å². The number of benzene rings is 1. The second kappa shape index (κ2) is 4.95. The van der Waals surface area contributed by atoms with Crippen molar-refractivity contribution in [2.75, 3.05) is 5.75 Å². The third kappa shape index (κ3) is 2.28. The van der Waals surface area contributed by atoms with Crippen LogP contribution in [0, 0.1) is 0 Å². The maximum atomic E-state index is 12.3. The number of hydrogen-bond acceptors (Lipinski definition) is 5. The summed E-state index contributed by atoms with van der Waals surface area (Å²) < 4.78 is 4.72. The average Bonchev–Trinajstić information content (AvgIpc) is 2.86. The van der Waals surface area contributed by atoms with E-state index in [0.29, 0.717) is 5.75 Å². The Morgan fingerprint density at radius 3 is 3.06 bits per heavy atom. The van der Waals surface area contributed by atoms with E-state index in [1.54, 1.807) is 11.8 Å². The van der Waals surface area contributed by atoms with Gasteiger partial charge < -0.3 is 0 Å². The van der Waals surface area contributed by atoms with Gasteiger partial charge in [0.15, 0.2) is 5.78 Å². The van der Waals surface area contributed by atoms with Gasteiger partial charge in [0.25, 0.3) is 0 Å². The van der Waals surface area contributed by atoms with Gasteiger partial charge in [0.1, 0.15) is 0 Å². The van der Waals surface area contributed by atoms with Crippen molar-refractivity contribution in [1.82, 2.24) is 9.59 Å². The predicted octanol–water partition coefficient (Wildman–Crippen LogP) is 3.67. The van der Waals surface area contributed by atoms with E-state index in [2.05, 4.69) is 25.5 Å². The molecule has 0 saturated heterocycles. The lowest BCUT2D eigenvalue weighted by Gasteiger charge is -2.16. The quantitative estimate of drug-likeness (QED) is 0.744. The summed E-state index contributed by atoms with van der Waals surface area (Å²) in [5.74, 6) is 0.767. The summed E-state index contributed by atoms with van der Waals surface area (Å²) in [6.45, 7) is 0. The summed E-state index contributed by atoms with van der Waals surface area (Å²) in [5.41, 5.74) is 2.29. The molecule has 1 aromatic carbocycles. The van der Waals surface area contributed by atoms with Gasteiger partial charge in [-0.1, -0.05) is 20.4 Å². The van der Waals surface area contributed by atoms with Crippen molar-refractivity contribution in [2.45, 2.75) is 4.90 Å².